The van der Waals surface area contributed by atoms with Gasteiger partial charge in [0.05, 0.1) is 0 Å². The van der Waals surface area contributed by atoms with Gasteiger partial charge in [-0.3, -0.25) is 9.59 Å². The van der Waals surface area contributed by atoms with Gasteiger partial charge < -0.3 is 16.0 Å². The lowest BCUT2D eigenvalue weighted by atomic mass is 9.87. The molecule has 0 spiro atoms. The molecule has 0 radical (unpaired) electrons. The summed E-state index contributed by atoms with van der Waals surface area (Å²) in [6.07, 6.45) is 0. The number of carbonyl (C=O) groups excluding carboxylic acids is 2. The van der Waals surface area contributed by atoms with Crippen LogP contribution in [0, 0.1) is 0 Å². The minimum Gasteiger partial charge on any atom is -0.356 e. The van der Waals surface area contributed by atoms with Gasteiger partial charge in [-0.05, 0) is 59.5 Å². The quantitative estimate of drug-likeness (QED) is 0.532. The summed E-state index contributed by atoms with van der Waals surface area (Å²) in [7, 11) is 0. The van der Waals surface area contributed by atoms with Crippen molar-refractivity contribution in [1.29, 1.82) is 0 Å². The Morgan fingerprint density at radius 3 is 1.48 bits per heavy atom. The van der Waals surface area contributed by atoms with E-state index in [1.165, 1.54) is 0 Å². The Bertz CT molecular complexity index is 973. The standard InChI is InChI=1S/C24H25N3O2/c1-24(2,3)17-9-11-20(12-10-17)26-22(28)23(29)27-21-15-13-19(14-16-21)25-18-7-5-4-6-8-18/h4-16,25H,1-3H3,(H,26,28)(H,27,29). The summed E-state index contributed by atoms with van der Waals surface area (Å²) < 4.78 is 0. The molecule has 0 unspecified atom stereocenters. The highest BCUT2D eigenvalue weighted by Crippen LogP contribution is 2.23. The summed E-state index contributed by atoms with van der Waals surface area (Å²) in [5.74, 6) is -1.42. The molecular formula is C24H25N3O2. The van der Waals surface area contributed by atoms with Gasteiger partial charge in [-0.25, -0.2) is 0 Å². The number of hydrogen-bond donors (Lipinski definition) is 3. The maximum Gasteiger partial charge on any atom is 0.314 e. The highest BCUT2D eigenvalue weighted by atomic mass is 16.2. The molecule has 29 heavy (non-hydrogen) atoms. The third-order valence-corrected chi connectivity index (χ3v) is 4.42. The van der Waals surface area contributed by atoms with Crippen LogP contribution in [0.4, 0.5) is 22.7 Å². The summed E-state index contributed by atoms with van der Waals surface area (Å²) >= 11 is 0. The molecule has 3 aromatic rings. The number of carbonyl (C=O) groups is 2. The van der Waals surface area contributed by atoms with E-state index in [-0.39, 0.29) is 5.41 Å². The second-order valence-corrected chi connectivity index (χ2v) is 7.80. The average Bonchev–Trinajstić information content (AvgIpc) is 2.70. The van der Waals surface area contributed by atoms with E-state index in [1.807, 2.05) is 54.6 Å². The van der Waals surface area contributed by atoms with Gasteiger partial charge in [0.1, 0.15) is 0 Å². The van der Waals surface area contributed by atoms with Crippen molar-refractivity contribution in [3.05, 3.63) is 84.4 Å². The van der Waals surface area contributed by atoms with Crippen LogP contribution < -0.4 is 16.0 Å². The van der Waals surface area contributed by atoms with Crippen LogP contribution in [-0.4, -0.2) is 11.8 Å². The summed E-state index contributed by atoms with van der Waals surface area (Å²) in [5.41, 5.74) is 4.18. The Morgan fingerprint density at radius 2 is 1.00 bits per heavy atom. The molecule has 0 heterocycles. The molecule has 0 aliphatic carbocycles. The Balaban J connectivity index is 1.56. The summed E-state index contributed by atoms with van der Waals surface area (Å²) in [4.78, 5) is 24.4. The summed E-state index contributed by atoms with van der Waals surface area (Å²) in [6, 6.07) is 24.5. The third kappa shape index (κ3) is 5.69. The van der Waals surface area contributed by atoms with Gasteiger partial charge in [-0.2, -0.15) is 0 Å². The number of para-hydroxylation sites is 1. The molecule has 0 atom stereocenters. The fourth-order valence-electron chi connectivity index (χ4n) is 2.75. The fourth-order valence-corrected chi connectivity index (χ4v) is 2.75. The van der Waals surface area contributed by atoms with E-state index in [9.17, 15) is 9.59 Å². The number of amides is 2. The molecule has 2 amide bonds. The molecule has 0 saturated heterocycles. The van der Waals surface area contributed by atoms with Gasteiger partial charge in [-0.15, -0.1) is 0 Å². The Hall–Kier alpha value is -3.60. The van der Waals surface area contributed by atoms with Crippen molar-refractivity contribution < 1.29 is 9.59 Å². The van der Waals surface area contributed by atoms with Crippen LogP contribution in [0.5, 0.6) is 0 Å². The maximum absolute atomic E-state index is 12.2. The van der Waals surface area contributed by atoms with Crippen molar-refractivity contribution in [2.45, 2.75) is 26.2 Å². The van der Waals surface area contributed by atoms with Crippen LogP contribution in [0.15, 0.2) is 78.9 Å². The highest BCUT2D eigenvalue weighted by Gasteiger charge is 2.16. The predicted octanol–water partition coefficient (Wildman–Crippen LogP) is 5.30. The highest BCUT2D eigenvalue weighted by molar-refractivity contribution is 6.43. The first-order chi connectivity index (χ1) is 13.8. The average molecular weight is 387 g/mol. The van der Waals surface area contributed by atoms with Crippen molar-refractivity contribution in [2.75, 3.05) is 16.0 Å². The molecule has 3 aromatic carbocycles. The van der Waals surface area contributed by atoms with Crippen LogP contribution in [0.1, 0.15) is 26.3 Å². The van der Waals surface area contributed by atoms with E-state index in [1.54, 1.807) is 24.3 Å². The molecule has 5 nitrogen and oxygen atoms in total. The molecule has 0 aliphatic rings. The van der Waals surface area contributed by atoms with Crippen molar-refractivity contribution in [2.24, 2.45) is 0 Å². The van der Waals surface area contributed by atoms with Crippen molar-refractivity contribution >= 4 is 34.6 Å². The van der Waals surface area contributed by atoms with Crippen molar-refractivity contribution in [3.8, 4) is 0 Å². The normalized spacial score (nSPS) is 10.9. The van der Waals surface area contributed by atoms with Gasteiger partial charge in [0, 0.05) is 22.7 Å². The van der Waals surface area contributed by atoms with Crippen molar-refractivity contribution in [3.63, 3.8) is 0 Å². The van der Waals surface area contributed by atoms with E-state index in [0.717, 1.165) is 16.9 Å². The number of benzene rings is 3. The smallest absolute Gasteiger partial charge is 0.314 e. The first-order valence-electron chi connectivity index (χ1n) is 9.46. The molecule has 0 aliphatic heterocycles. The van der Waals surface area contributed by atoms with E-state index >= 15 is 0 Å². The van der Waals surface area contributed by atoms with Gasteiger partial charge in [0.25, 0.3) is 0 Å². The molecule has 0 aromatic heterocycles. The first-order valence-corrected chi connectivity index (χ1v) is 9.46. The van der Waals surface area contributed by atoms with E-state index in [4.69, 9.17) is 0 Å². The second-order valence-electron chi connectivity index (χ2n) is 7.80. The molecular weight excluding hydrogens is 362 g/mol. The molecule has 0 bridgehead atoms. The molecule has 5 heteroatoms. The van der Waals surface area contributed by atoms with E-state index in [2.05, 4.69) is 36.7 Å². The molecule has 0 saturated carbocycles. The fraction of sp³-hybridized carbons (Fsp3) is 0.167. The van der Waals surface area contributed by atoms with Crippen LogP contribution in [-0.2, 0) is 15.0 Å². The second kappa shape index (κ2) is 8.61. The Labute approximate surface area is 171 Å². The Kier molecular flexibility index (Phi) is 5.98. The Morgan fingerprint density at radius 1 is 0.586 bits per heavy atom. The lowest BCUT2D eigenvalue weighted by Crippen LogP contribution is -2.29. The largest absolute Gasteiger partial charge is 0.356 e. The molecule has 148 valence electrons. The number of nitrogens with one attached hydrogen (secondary N) is 3. The summed E-state index contributed by atoms with van der Waals surface area (Å²) in [5, 5.41) is 8.49. The van der Waals surface area contributed by atoms with Crippen LogP contribution in [0.2, 0.25) is 0 Å². The monoisotopic (exact) mass is 387 g/mol. The minimum atomic E-state index is -0.714. The lowest BCUT2D eigenvalue weighted by molar-refractivity contribution is -0.132. The van der Waals surface area contributed by atoms with Crippen molar-refractivity contribution in [1.82, 2.24) is 0 Å². The lowest BCUT2D eigenvalue weighted by Gasteiger charge is -2.19. The van der Waals surface area contributed by atoms with E-state index < -0.39 is 11.8 Å². The van der Waals surface area contributed by atoms with Crippen LogP contribution >= 0.6 is 0 Å². The third-order valence-electron chi connectivity index (χ3n) is 4.42. The predicted molar refractivity (Wildman–Crippen MR) is 119 cm³/mol. The van der Waals surface area contributed by atoms with Gasteiger partial charge in [0.15, 0.2) is 0 Å². The van der Waals surface area contributed by atoms with Gasteiger partial charge >= 0.3 is 11.8 Å². The van der Waals surface area contributed by atoms with Crippen LogP contribution in [0.25, 0.3) is 0 Å². The first kappa shape index (κ1) is 20.1. The number of rotatable bonds is 4. The SMILES string of the molecule is CC(C)(C)c1ccc(NC(=O)C(=O)Nc2ccc(Nc3ccccc3)cc2)cc1. The summed E-state index contributed by atoms with van der Waals surface area (Å²) in [6.45, 7) is 6.36. The molecule has 0 fully saturated rings. The number of hydrogen-bond acceptors (Lipinski definition) is 3. The zero-order valence-corrected chi connectivity index (χ0v) is 16.8. The van der Waals surface area contributed by atoms with Crippen LogP contribution in [0.3, 0.4) is 0 Å². The molecule has 3 rings (SSSR count). The topological polar surface area (TPSA) is 70.2 Å². The van der Waals surface area contributed by atoms with Gasteiger partial charge in [0.2, 0.25) is 0 Å². The minimum absolute atomic E-state index is 0.0292. The molecule has 3 N–H and O–H groups in total. The zero-order chi connectivity index (χ0) is 20.9. The van der Waals surface area contributed by atoms with E-state index in [0.29, 0.717) is 11.4 Å². The number of anilines is 4. The maximum atomic E-state index is 12.2. The van der Waals surface area contributed by atoms with Gasteiger partial charge in [-0.1, -0.05) is 51.1 Å². The zero-order valence-electron chi connectivity index (χ0n) is 16.8.